The Bertz CT molecular complexity index is 1980. The second kappa shape index (κ2) is 8.19. The van der Waals surface area contributed by atoms with Crippen LogP contribution in [0.5, 0.6) is 0 Å². The Morgan fingerprint density at radius 3 is 1.90 bits per heavy atom. The summed E-state index contributed by atoms with van der Waals surface area (Å²) in [6.07, 6.45) is 0. The molecule has 186 valence electrons. The summed E-state index contributed by atoms with van der Waals surface area (Å²) in [5, 5.41) is 2.58. The molecule has 0 unspecified atom stereocenters. The Kier molecular flexibility index (Phi) is 4.70. The van der Waals surface area contributed by atoms with Gasteiger partial charge < -0.3 is 4.57 Å². The molecular weight excluding hydrogens is 496 g/mol. The van der Waals surface area contributed by atoms with Crippen LogP contribution in [-0.4, -0.2) is 19.5 Å². The largest absolute Gasteiger partial charge is 0.308 e. The molecule has 0 amide bonds. The molecule has 0 atom stereocenters. The first-order valence-corrected chi connectivity index (χ1v) is 14.0. The van der Waals surface area contributed by atoms with Crippen molar-refractivity contribution in [3.05, 3.63) is 120 Å². The molecule has 4 aromatic carbocycles. The Hall–Kier alpha value is -4.61. The van der Waals surface area contributed by atoms with E-state index >= 15 is 0 Å². The standard InChI is InChI=1S/C34H24N4S/c1-34(2)25-18-11-17-24-23-16-9-10-19-26(23)38(29(24)25)27-20-28(39-30(27)34)33-36-31(21-12-5-3-6-13-21)35-32(37-33)22-14-7-4-8-15-22/h3-20H,1-2H3. The van der Waals surface area contributed by atoms with Gasteiger partial charge in [-0.15, -0.1) is 11.3 Å². The first-order chi connectivity index (χ1) is 19.1. The van der Waals surface area contributed by atoms with Crippen molar-refractivity contribution >= 4 is 33.1 Å². The molecule has 0 N–H and O–H groups in total. The molecule has 0 radical (unpaired) electrons. The molecule has 0 fully saturated rings. The minimum atomic E-state index is -0.153. The summed E-state index contributed by atoms with van der Waals surface area (Å²) >= 11 is 1.79. The summed E-state index contributed by atoms with van der Waals surface area (Å²) in [5.41, 5.74) is 6.89. The van der Waals surface area contributed by atoms with E-state index in [0.717, 1.165) is 16.0 Å². The van der Waals surface area contributed by atoms with E-state index in [-0.39, 0.29) is 5.41 Å². The minimum absolute atomic E-state index is 0.153. The van der Waals surface area contributed by atoms with Crippen LogP contribution in [0.4, 0.5) is 0 Å². The van der Waals surface area contributed by atoms with Crippen molar-refractivity contribution in [1.82, 2.24) is 19.5 Å². The van der Waals surface area contributed by atoms with E-state index in [4.69, 9.17) is 15.0 Å². The maximum atomic E-state index is 5.02. The van der Waals surface area contributed by atoms with E-state index in [0.29, 0.717) is 17.5 Å². The highest BCUT2D eigenvalue weighted by Gasteiger charge is 2.37. The van der Waals surface area contributed by atoms with Gasteiger partial charge in [-0.2, -0.15) is 0 Å². The molecule has 0 spiro atoms. The first-order valence-electron chi connectivity index (χ1n) is 13.1. The zero-order valence-electron chi connectivity index (χ0n) is 21.6. The molecule has 0 aliphatic carbocycles. The van der Waals surface area contributed by atoms with E-state index < -0.39 is 0 Å². The van der Waals surface area contributed by atoms with Gasteiger partial charge in [0.05, 0.1) is 21.6 Å². The predicted molar refractivity (Wildman–Crippen MR) is 160 cm³/mol. The van der Waals surface area contributed by atoms with Gasteiger partial charge in [0.1, 0.15) is 0 Å². The van der Waals surface area contributed by atoms with E-state index in [1.807, 2.05) is 36.4 Å². The highest BCUT2D eigenvalue weighted by molar-refractivity contribution is 7.16. The summed E-state index contributed by atoms with van der Waals surface area (Å²) in [5.74, 6) is 2.07. The topological polar surface area (TPSA) is 43.6 Å². The zero-order chi connectivity index (χ0) is 26.1. The second-order valence-electron chi connectivity index (χ2n) is 10.5. The molecule has 8 rings (SSSR count). The molecule has 39 heavy (non-hydrogen) atoms. The highest BCUT2D eigenvalue weighted by atomic mass is 32.1. The van der Waals surface area contributed by atoms with Crippen LogP contribution in [0.1, 0.15) is 24.3 Å². The fourth-order valence-electron chi connectivity index (χ4n) is 5.92. The van der Waals surface area contributed by atoms with Gasteiger partial charge in [0.25, 0.3) is 0 Å². The zero-order valence-corrected chi connectivity index (χ0v) is 22.4. The smallest absolute Gasteiger partial charge is 0.174 e. The average molecular weight is 521 g/mol. The lowest BCUT2D eigenvalue weighted by Gasteiger charge is -2.32. The number of hydrogen-bond acceptors (Lipinski definition) is 4. The first kappa shape index (κ1) is 22.4. The van der Waals surface area contributed by atoms with Crippen LogP contribution in [0.3, 0.4) is 0 Å². The van der Waals surface area contributed by atoms with Crippen LogP contribution in [0.15, 0.2) is 109 Å². The third-order valence-electron chi connectivity index (χ3n) is 7.81. The van der Waals surface area contributed by atoms with Crippen LogP contribution in [0.2, 0.25) is 0 Å². The lowest BCUT2D eigenvalue weighted by Crippen LogP contribution is -2.24. The van der Waals surface area contributed by atoms with Crippen LogP contribution in [0.25, 0.3) is 61.0 Å². The molecule has 0 saturated carbocycles. The Balaban J connectivity index is 1.40. The molecular formula is C34H24N4S. The quantitative estimate of drug-likeness (QED) is 0.234. The van der Waals surface area contributed by atoms with Crippen molar-refractivity contribution in [2.24, 2.45) is 0 Å². The van der Waals surface area contributed by atoms with Crippen molar-refractivity contribution in [2.75, 3.05) is 0 Å². The number of thiophene rings is 1. The fourth-order valence-corrected chi connectivity index (χ4v) is 7.11. The molecule has 1 aliphatic rings. The summed E-state index contributed by atoms with van der Waals surface area (Å²) in [7, 11) is 0. The Morgan fingerprint density at radius 2 is 1.21 bits per heavy atom. The minimum Gasteiger partial charge on any atom is -0.308 e. The number of benzene rings is 4. The lowest BCUT2D eigenvalue weighted by molar-refractivity contribution is 0.646. The fraction of sp³-hybridized carbons (Fsp3) is 0.0882. The van der Waals surface area contributed by atoms with Crippen molar-refractivity contribution in [2.45, 2.75) is 19.3 Å². The van der Waals surface area contributed by atoms with Gasteiger partial charge in [-0.1, -0.05) is 111 Å². The van der Waals surface area contributed by atoms with Gasteiger partial charge in [0, 0.05) is 32.2 Å². The average Bonchev–Trinajstić information content (AvgIpc) is 3.58. The van der Waals surface area contributed by atoms with Crippen LogP contribution < -0.4 is 0 Å². The number of fused-ring (bicyclic) bond motifs is 5. The SMILES string of the molecule is CC1(C)c2sc(-c3nc(-c4ccccc4)nc(-c4ccccc4)n3)cc2-n2c3ccccc3c3cccc1c32. The van der Waals surface area contributed by atoms with E-state index in [2.05, 4.69) is 91.2 Å². The number of para-hydroxylation sites is 2. The van der Waals surface area contributed by atoms with Crippen molar-refractivity contribution < 1.29 is 0 Å². The van der Waals surface area contributed by atoms with Gasteiger partial charge in [0.15, 0.2) is 17.5 Å². The molecule has 5 heteroatoms. The lowest BCUT2D eigenvalue weighted by atomic mass is 9.79. The summed E-state index contributed by atoms with van der Waals surface area (Å²) in [6.45, 7) is 4.67. The number of aromatic nitrogens is 4. The van der Waals surface area contributed by atoms with Gasteiger partial charge in [-0.05, 0) is 17.7 Å². The number of nitrogens with zero attached hydrogens (tertiary/aromatic N) is 4. The van der Waals surface area contributed by atoms with Crippen LogP contribution in [-0.2, 0) is 5.41 Å². The van der Waals surface area contributed by atoms with E-state index in [1.165, 1.54) is 37.9 Å². The highest BCUT2D eigenvalue weighted by Crippen LogP contribution is 2.51. The van der Waals surface area contributed by atoms with Crippen LogP contribution in [0, 0.1) is 0 Å². The van der Waals surface area contributed by atoms with Crippen molar-refractivity contribution in [3.8, 4) is 39.2 Å². The molecule has 0 saturated heterocycles. The summed E-state index contributed by atoms with van der Waals surface area (Å²) in [6, 6.07) is 38.0. The summed E-state index contributed by atoms with van der Waals surface area (Å²) < 4.78 is 2.44. The molecule has 0 bridgehead atoms. The van der Waals surface area contributed by atoms with Crippen LogP contribution >= 0.6 is 11.3 Å². The summed E-state index contributed by atoms with van der Waals surface area (Å²) in [4.78, 5) is 17.3. The Labute approximate surface area is 230 Å². The van der Waals surface area contributed by atoms with Crippen molar-refractivity contribution in [1.29, 1.82) is 0 Å². The monoisotopic (exact) mass is 520 g/mol. The molecule has 1 aliphatic heterocycles. The van der Waals surface area contributed by atoms with Gasteiger partial charge in [0.2, 0.25) is 0 Å². The second-order valence-corrected chi connectivity index (χ2v) is 11.6. The normalized spacial score (nSPS) is 13.6. The molecule has 3 aromatic heterocycles. The molecule has 4 nitrogen and oxygen atoms in total. The van der Waals surface area contributed by atoms with Gasteiger partial charge in [-0.25, -0.2) is 15.0 Å². The third-order valence-corrected chi connectivity index (χ3v) is 9.25. The predicted octanol–water partition coefficient (Wildman–Crippen LogP) is 8.67. The van der Waals surface area contributed by atoms with Crippen molar-refractivity contribution in [3.63, 3.8) is 0 Å². The molecule has 4 heterocycles. The number of hydrogen-bond donors (Lipinski definition) is 0. The maximum Gasteiger partial charge on any atom is 0.174 e. The third kappa shape index (κ3) is 3.26. The van der Waals surface area contributed by atoms with E-state index in [9.17, 15) is 0 Å². The van der Waals surface area contributed by atoms with Gasteiger partial charge in [-0.3, -0.25) is 0 Å². The van der Waals surface area contributed by atoms with E-state index in [1.54, 1.807) is 11.3 Å². The Morgan fingerprint density at radius 1 is 0.615 bits per heavy atom. The molecule has 7 aromatic rings. The number of rotatable bonds is 3. The van der Waals surface area contributed by atoms with Gasteiger partial charge >= 0.3 is 0 Å². The maximum absolute atomic E-state index is 5.02.